The summed E-state index contributed by atoms with van der Waals surface area (Å²) in [6.07, 6.45) is -0.532. The van der Waals surface area contributed by atoms with E-state index in [0.29, 0.717) is 0 Å². The predicted molar refractivity (Wildman–Crippen MR) is 27.9 cm³/mol. The van der Waals surface area contributed by atoms with Gasteiger partial charge in [-0.05, 0) is 0 Å². The zero-order chi connectivity index (χ0) is 7.44. The van der Waals surface area contributed by atoms with Crippen LogP contribution in [0, 0.1) is 0 Å². The number of hydrogen-bond donors (Lipinski definition) is 3. The first kappa shape index (κ1) is 7.90. The Morgan fingerprint density at radius 1 is 1.44 bits per heavy atom. The predicted octanol–water partition coefficient (Wildman–Crippen LogP) is -1.13. The van der Waals surface area contributed by atoms with Gasteiger partial charge in [-0.2, -0.15) is 0 Å². The zero-order valence-electron chi connectivity index (χ0n) is 4.57. The van der Waals surface area contributed by atoms with Crippen molar-refractivity contribution in [2.75, 3.05) is 0 Å². The molecule has 0 aliphatic heterocycles. The van der Waals surface area contributed by atoms with Crippen molar-refractivity contribution < 1.29 is 19.8 Å². The van der Waals surface area contributed by atoms with Gasteiger partial charge in [0.15, 0.2) is 0 Å². The molecule has 0 unspecified atom stereocenters. The van der Waals surface area contributed by atoms with E-state index in [2.05, 4.69) is 0 Å². The second-order valence-corrected chi connectivity index (χ2v) is 1.54. The summed E-state index contributed by atoms with van der Waals surface area (Å²) in [5.74, 6) is -2.50. The molecule has 0 bridgehead atoms. The van der Waals surface area contributed by atoms with E-state index in [0.717, 1.165) is 0 Å². The van der Waals surface area contributed by atoms with Crippen LogP contribution in [0.3, 0.4) is 0 Å². The summed E-state index contributed by atoms with van der Waals surface area (Å²) in [4.78, 5) is 19.6. The van der Waals surface area contributed by atoms with E-state index in [1.165, 1.54) is 0 Å². The van der Waals surface area contributed by atoms with Gasteiger partial charge in [-0.3, -0.25) is 9.59 Å². The Morgan fingerprint density at radius 3 is 2.00 bits per heavy atom. The molecule has 0 aromatic carbocycles. The number of carboxylic acid groups (broad SMARTS) is 2. The van der Waals surface area contributed by atoms with Gasteiger partial charge < -0.3 is 15.9 Å². The summed E-state index contributed by atoms with van der Waals surface area (Å²) < 4.78 is 0. The molecule has 5 nitrogen and oxygen atoms in total. The van der Waals surface area contributed by atoms with Crippen molar-refractivity contribution in [2.45, 2.75) is 12.5 Å². The van der Waals surface area contributed by atoms with Gasteiger partial charge in [0.25, 0.3) is 0 Å². The Morgan fingerprint density at radius 2 is 1.89 bits per heavy atom. The van der Waals surface area contributed by atoms with E-state index in [1.807, 2.05) is 0 Å². The van der Waals surface area contributed by atoms with Crippen LogP contribution in [0.5, 0.6) is 0 Å². The van der Waals surface area contributed by atoms with Crippen LogP contribution in [-0.4, -0.2) is 28.2 Å². The quantitative estimate of drug-likeness (QED) is 0.338. The third kappa shape index (κ3) is 3.48. The molecule has 0 aromatic rings. The lowest BCUT2D eigenvalue weighted by atomic mass is 11.2. The normalized spacial score (nSPS) is 12.6. The number of carbonyl (C=O) groups is 2. The Labute approximate surface area is 51.1 Å². The summed E-state index contributed by atoms with van der Waals surface area (Å²) >= 11 is 0. The minimum atomic E-state index is -1.29. The van der Waals surface area contributed by atoms with Crippen molar-refractivity contribution in [3.05, 3.63) is 0 Å². The van der Waals surface area contributed by atoms with Gasteiger partial charge in [0, 0.05) is 0 Å². The van der Waals surface area contributed by atoms with Gasteiger partial charge in [0.05, 0.1) is 6.42 Å². The van der Waals surface area contributed by atoms with Crippen molar-refractivity contribution in [2.24, 2.45) is 5.73 Å². The minimum Gasteiger partial charge on any atom is -0.481 e. The molecule has 0 fully saturated rings. The van der Waals surface area contributed by atoms with Gasteiger partial charge in [0.1, 0.15) is 6.04 Å². The first-order chi connectivity index (χ1) is 4.04. The molecule has 0 saturated carbocycles. The molecule has 0 saturated heterocycles. The van der Waals surface area contributed by atoms with Crippen molar-refractivity contribution >= 4 is 11.9 Å². The van der Waals surface area contributed by atoms with Gasteiger partial charge in [0.2, 0.25) is 0 Å². The summed E-state index contributed by atoms with van der Waals surface area (Å²) in [5.41, 5.74) is 4.84. The Balaban J connectivity index is 3.63. The highest BCUT2D eigenvalue weighted by atomic mass is 16.5. The summed E-state index contributed by atoms with van der Waals surface area (Å²) in [6, 6.07) is -1.29. The fraction of sp³-hybridized carbons (Fsp3) is 0.500. The summed E-state index contributed by atoms with van der Waals surface area (Å²) in [5, 5.41) is 16.0. The van der Waals surface area contributed by atoms with Crippen molar-refractivity contribution in [1.29, 1.82) is 0 Å². The smallest absolute Gasteiger partial charge is 0.321 e. The zero-order valence-corrected chi connectivity index (χ0v) is 4.57. The monoisotopic (exact) mass is 138 g/mol. The van der Waals surface area contributed by atoms with Gasteiger partial charge in [-0.15, -0.1) is 0 Å². The van der Waals surface area contributed by atoms with Crippen molar-refractivity contribution in [3.63, 3.8) is 0 Å². The molecular formula is C4H7NO4. The van der Waals surface area contributed by atoms with Crippen LogP contribution in [-0.2, 0) is 9.59 Å². The second-order valence-electron chi connectivity index (χ2n) is 1.54. The molecule has 0 radical (unpaired) electrons. The van der Waals surface area contributed by atoms with Crippen LogP contribution in [0.1, 0.15) is 6.42 Å². The van der Waals surface area contributed by atoms with E-state index in [-0.39, 0.29) is 0 Å². The maximum atomic E-state index is 9.85. The van der Waals surface area contributed by atoms with Crippen LogP contribution in [0.25, 0.3) is 0 Å². The highest BCUT2D eigenvalue weighted by Crippen LogP contribution is 1.86. The average molecular weight is 138 g/mol. The average Bonchev–Trinajstić information content (AvgIpc) is 1.63. The third-order valence-electron chi connectivity index (χ3n) is 0.712. The fourth-order valence-corrected chi connectivity index (χ4v) is 0.275. The van der Waals surface area contributed by atoms with Crippen LogP contribution in [0.15, 0.2) is 0 Å². The SMILES string of the molecule is [15NH2][13C@@H]([13CH2][13C](=O)O)[13C](=O)O. The number of hydrogen-bond acceptors (Lipinski definition) is 3. The summed E-state index contributed by atoms with van der Waals surface area (Å²) in [6.45, 7) is 0. The van der Waals surface area contributed by atoms with Crippen LogP contribution in [0.4, 0.5) is 0 Å². The number of aliphatic carboxylic acids is 2. The molecular weight excluding hydrogens is 131 g/mol. The molecule has 0 heterocycles. The van der Waals surface area contributed by atoms with E-state index < -0.39 is 24.4 Å². The van der Waals surface area contributed by atoms with Gasteiger partial charge >= 0.3 is 11.9 Å². The van der Waals surface area contributed by atoms with Crippen LogP contribution >= 0.6 is 0 Å². The maximum absolute atomic E-state index is 9.85. The molecule has 5 heteroatoms. The highest BCUT2D eigenvalue weighted by Gasteiger charge is 2.14. The third-order valence-corrected chi connectivity index (χ3v) is 0.712. The first-order valence-corrected chi connectivity index (χ1v) is 2.24. The van der Waals surface area contributed by atoms with Crippen molar-refractivity contribution in [1.82, 2.24) is 0 Å². The lowest BCUT2D eigenvalue weighted by Gasteiger charge is -1.99. The van der Waals surface area contributed by atoms with E-state index in [1.54, 1.807) is 0 Å². The van der Waals surface area contributed by atoms with E-state index in [9.17, 15) is 9.59 Å². The minimum absolute atomic E-state index is 0.532. The first-order valence-electron chi connectivity index (χ1n) is 2.24. The number of nitrogens with two attached hydrogens (primary N) is 1. The Bertz CT molecular complexity index is 133. The molecule has 52 valence electrons. The molecule has 0 aliphatic carbocycles. The highest BCUT2D eigenvalue weighted by molar-refractivity contribution is 5.80. The van der Waals surface area contributed by atoms with Crippen LogP contribution < -0.4 is 5.73 Å². The Hall–Kier alpha value is -1.10. The molecule has 9 heavy (non-hydrogen) atoms. The molecule has 0 aliphatic rings. The topological polar surface area (TPSA) is 101 Å². The molecule has 4 N–H and O–H groups in total. The lowest BCUT2D eigenvalue weighted by Crippen LogP contribution is -2.32. The molecule has 0 amide bonds. The molecule has 1 atom stereocenters. The van der Waals surface area contributed by atoms with Gasteiger partial charge in [-0.1, -0.05) is 0 Å². The summed E-state index contributed by atoms with van der Waals surface area (Å²) in [7, 11) is 0. The standard InChI is InChI=1S/C4H7NO4/c5-2(4(8)9)1-3(6)7/h2H,1,5H2,(H,6,7)(H,8,9)/t2-/m0/s1/i1+1,2+1,3+1,4+1,5+1. The van der Waals surface area contributed by atoms with E-state index in [4.69, 9.17) is 15.9 Å². The molecule has 0 aromatic heterocycles. The number of rotatable bonds is 3. The largest absolute Gasteiger partial charge is 0.481 e. The van der Waals surface area contributed by atoms with Crippen molar-refractivity contribution in [3.8, 4) is 0 Å². The second kappa shape index (κ2) is 3.03. The van der Waals surface area contributed by atoms with Crippen LogP contribution in [0.2, 0.25) is 0 Å². The molecule has 0 spiro atoms. The molecule has 0 rings (SSSR count). The Kier molecular flexibility index (Phi) is 2.66. The lowest BCUT2D eigenvalue weighted by molar-refractivity contribution is -0.144. The fourth-order valence-electron chi connectivity index (χ4n) is 0.275. The number of carboxylic acids is 2. The van der Waals surface area contributed by atoms with Gasteiger partial charge in [-0.25, -0.2) is 0 Å². The maximum Gasteiger partial charge on any atom is 0.321 e. The van der Waals surface area contributed by atoms with E-state index >= 15 is 0 Å².